The number of carboxylic acid groups (broad SMARTS) is 1. The number of alkyl halides is 2. The Morgan fingerprint density at radius 1 is 1.36 bits per heavy atom. The van der Waals surface area contributed by atoms with Crippen molar-refractivity contribution in [1.29, 1.82) is 0 Å². The zero-order valence-electron chi connectivity index (χ0n) is 6.61. The van der Waals surface area contributed by atoms with Crippen molar-refractivity contribution in [3.8, 4) is 0 Å². The third-order valence-corrected chi connectivity index (χ3v) is 0.801. The summed E-state index contributed by atoms with van der Waals surface area (Å²) in [6.07, 6.45) is 0. The summed E-state index contributed by atoms with van der Waals surface area (Å²) < 4.78 is 24.7. The van der Waals surface area contributed by atoms with Gasteiger partial charge in [-0.05, 0) is 20.8 Å². The van der Waals surface area contributed by atoms with E-state index in [-0.39, 0.29) is 0 Å². The van der Waals surface area contributed by atoms with Crippen molar-refractivity contribution in [1.82, 2.24) is 5.32 Å². The third kappa shape index (κ3) is 3.87. The van der Waals surface area contributed by atoms with Gasteiger partial charge in [0, 0.05) is 5.54 Å². The lowest BCUT2D eigenvalue weighted by Gasteiger charge is -2.24. The minimum absolute atomic E-state index is 0.915. The lowest BCUT2D eigenvalue weighted by molar-refractivity contribution is -0.172. The lowest BCUT2D eigenvalue weighted by Crippen LogP contribution is -2.53. The molecule has 0 bridgehead atoms. The second kappa shape index (κ2) is 2.73. The number of carboxylic acids is 1. The van der Waals surface area contributed by atoms with Crippen LogP contribution in [0.25, 0.3) is 0 Å². The maximum absolute atomic E-state index is 12.3. The summed E-state index contributed by atoms with van der Waals surface area (Å²) in [7, 11) is 0. The molecule has 0 aromatic heterocycles. The third-order valence-electron chi connectivity index (χ3n) is 0.801. The Bertz CT molecular complexity index is 162. The molecule has 5 heteroatoms. The van der Waals surface area contributed by atoms with Gasteiger partial charge >= 0.3 is 12.0 Å². The molecule has 0 rings (SSSR count). The van der Waals surface area contributed by atoms with Crippen molar-refractivity contribution in [2.45, 2.75) is 32.4 Å². The molecule has 66 valence electrons. The lowest BCUT2D eigenvalue weighted by atomic mass is 10.1. The van der Waals surface area contributed by atoms with E-state index >= 15 is 0 Å². The molecule has 0 amide bonds. The number of nitrogens with one attached hydrogen (secondary N) is 1. The highest BCUT2D eigenvalue weighted by Gasteiger charge is 2.41. The van der Waals surface area contributed by atoms with Gasteiger partial charge in [-0.1, -0.05) is 0 Å². The highest BCUT2D eigenvalue weighted by atomic mass is 19.3. The van der Waals surface area contributed by atoms with Crippen molar-refractivity contribution in [3.05, 3.63) is 0 Å². The number of hydrogen-bond donors (Lipinski definition) is 2. The predicted molar refractivity (Wildman–Crippen MR) is 35.5 cm³/mol. The molecule has 0 heterocycles. The van der Waals surface area contributed by atoms with Crippen LogP contribution in [0.2, 0.25) is 0 Å². The number of carbonyl (C=O) groups is 1. The number of rotatable bonds is 2. The molecule has 11 heavy (non-hydrogen) atoms. The first-order valence-corrected chi connectivity index (χ1v) is 3.06. The Labute approximate surface area is 63.4 Å². The van der Waals surface area contributed by atoms with Crippen LogP contribution in [0.1, 0.15) is 20.8 Å². The molecule has 2 N–H and O–H groups in total. The Balaban J connectivity index is 4.25. The number of aliphatic carboxylic acids is 1. The average Bonchev–Trinajstić information content (AvgIpc) is 1.56. The van der Waals surface area contributed by atoms with Gasteiger partial charge < -0.3 is 5.11 Å². The minimum Gasteiger partial charge on any atom is -0.476 e. The Morgan fingerprint density at radius 2 is 1.73 bits per heavy atom. The number of halogens is 2. The van der Waals surface area contributed by atoms with Gasteiger partial charge in [0.05, 0.1) is 0 Å². The summed E-state index contributed by atoms with van der Waals surface area (Å²) in [6.45, 7) is 4.39. The maximum atomic E-state index is 12.3. The Kier molecular flexibility index (Phi) is 2.55. The summed E-state index contributed by atoms with van der Waals surface area (Å²) in [5, 5.41) is 9.65. The monoisotopic (exact) mass is 167 g/mol. The van der Waals surface area contributed by atoms with E-state index in [4.69, 9.17) is 5.11 Å². The van der Waals surface area contributed by atoms with Crippen LogP contribution in [-0.4, -0.2) is 22.7 Å². The standard InChI is InChI=1S/C6H11F2NO2/c1-5(2,3)9-6(7,8)4(10)11/h9H,1-3H3,(H,10,11). The van der Waals surface area contributed by atoms with E-state index in [1.54, 1.807) is 5.32 Å². The first-order chi connectivity index (χ1) is 4.65. The molecule has 0 unspecified atom stereocenters. The van der Waals surface area contributed by atoms with Crippen LogP contribution in [0.3, 0.4) is 0 Å². The smallest absolute Gasteiger partial charge is 0.399 e. The number of hydrogen-bond acceptors (Lipinski definition) is 2. The molecular weight excluding hydrogens is 156 g/mol. The van der Waals surface area contributed by atoms with Gasteiger partial charge in [0.25, 0.3) is 0 Å². The first kappa shape index (κ1) is 10.3. The van der Waals surface area contributed by atoms with E-state index in [9.17, 15) is 13.6 Å². The van der Waals surface area contributed by atoms with Gasteiger partial charge in [-0.25, -0.2) is 10.1 Å². The molecule has 0 atom stereocenters. The maximum Gasteiger partial charge on any atom is 0.399 e. The fourth-order valence-electron chi connectivity index (χ4n) is 0.524. The van der Waals surface area contributed by atoms with E-state index < -0.39 is 17.6 Å². The minimum atomic E-state index is -3.85. The molecule has 0 fully saturated rings. The second-order valence-corrected chi connectivity index (χ2v) is 3.25. The molecule has 0 aliphatic rings. The van der Waals surface area contributed by atoms with Gasteiger partial charge in [-0.2, -0.15) is 8.78 Å². The average molecular weight is 167 g/mol. The fraction of sp³-hybridized carbons (Fsp3) is 0.833. The van der Waals surface area contributed by atoms with Gasteiger partial charge in [0.2, 0.25) is 0 Å². The van der Waals surface area contributed by atoms with Crippen LogP contribution in [-0.2, 0) is 4.79 Å². The van der Waals surface area contributed by atoms with Crippen LogP contribution in [0.15, 0.2) is 0 Å². The van der Waals surface area contributed by atoms with Crippen LogP contribution in [0.4, 0.5) is 8.78 Å². The molecule has 0 aliphatic heterocycles. The van der Waals surface area contributed by atoms with E-state index in [1.165, 1.54) is 20.8 Å². The molecule has 0 aromatic rings. The normalized spacial score (nSPS) is 13.2. The van der Waals surface area contributed by atoms with Crippen molar-refractivity contribution in [2.24, 2.45) is 0 Å². The Morgan fingerprint density at radius 3 is 1.82 bits per heavy atom. The summed E-state index contributed by atoms with van der Waals surface area (Å²) in [5.41, 5.74) is -0.915. The zero-order valence-corrected chi connectivity index (χ0v) is 6.61. The first-order valence-electron chi connectivity index (χ1n) is 3.06. The van der Waals surface area contributed by atoms with Crippen molar-refractivity contribution >= 4 is 5.97 Å². The van der Waals surface area contributed by atoms with E-state index in [2.05, 4.69) is 0 Å². The summed E-state index contributed by atoms with van der Waals surface area (Å²) in [6, 6.07) is -3.85. The van der Waals surface area contributed by atoms with E-state index in [1.807, 2.05) is 0 Å². The van der Waals surface area contributed by atoms with Gasteiger partial charge in [0.15, 0.2) is 0 Å². The van der Waals surface area contributed by atoms with E-state index in [0.717, 1.165) is 0 Å². The van der Waals surface area contributed by atoms with Crippen molar-refractivity contribution < 1.29 is 18.7 Å². The molecule has 0 saturated heterocycles. The predicted octanol–water partition coefficient (Wildman–Crippen LogP) is 1.05. The van der Waals surface area contributed by atoms with Crippen molar-refractivity contribution in [2.75, 3.05) is 0 Å². The Hall–Kier alpha value is -0.710. The van der Waals surface area contributed by atoms with Gasteiger partial charge in [-0.3, -0.25) is 0 Å². The molecule has 0 aromatic carbocycles. The van der Waals surface area contributed by atoms with Gasteiger partial charge in [0.1, 0.15) is 0 Å². The van der Waals surface area contributed by atoms with Crippen LogP contribution in [0.5, 0.6) is 0 Å². The molecule has 0 saturated carbocycles. The molecular formula is C6H11F2NO2. The van der Waals surface area contributed by atoms with Crippen molar-refractivity contribution in [3.63, 3.8) is 0 Å². The molecule has 0 radical (unpaired) electrons. The topological polar surface area (TPSA) is 49.3 Å². The highest BCUT2D eigenvalue weighted by molar-refractivity contribution is 5.74. The molecule has 0 aliphatic carbocycles. The van der Waals surface area contributed by atoms with Crippen LogP contribution >= 0.6 is 0 Å². The zero-order chi connectivity index (χ0) is 9.28. The quantitative estimate of drug-likeness (QED) is 0.604. The van der Waals surface area contributed by atoms with Crippen LogP contribution in [0, 0.1) is 0 Å². The molecule has 0 spiro atoms. The summed E-state index contributed by atoms with van der Waals surface area (Å²) in [4.78, 5) is 9.89. The largest absolute Gasteiger partial charge is 0.476 e. The summed E-state index contributed by atoms with van der Waals surface area (Å²) >= 11 is 0. The van der Waals surface area contributed by atoms with Crippen LogP contribution < -0.4 is 5.32 Å². The highest BCUT2D eigenvalue weighted by Crippen LogP contribution is 2.14. The molecule has 3 nitrogen and oxygen atoms in total. The second-order valence-electron chi connectivity index (χ2n) is 3.25. The van der Waals surface area contributed by atoms with Gasteiger partial charge in [-0.15, -0.1) is 0 Å². The SMILES string of the molecule is CC(C)(C)NC(F)(F)C(=O)O. The summed E-state index contributed by atoms with van der Waals surface area (Å²) in [5.74, 6) is -2.16. The van der Waals surface area contributed by atoms with E-state index in [0.29, 0.717) is 0 Å². The fourth-order valence-corrected chi connectivity index (χ4v) is 0.524.